The first-order valence-corrected chi connectivity index (χ1v) is 7.81. The molecule has 0 fully saturated rings. The Balaban J connectivity index is 1.85. The van der Waals surface area contributed by atoms with Gasteiger partial charge in [-0.15, -0.1) is 5.10 Å². The lowest BCUT2D eigenvalue weighted by atomic mass is 10.2. The summed E-state index contributed by atoms with van der Waals surface area (Å²) >= 11 is 3.39. The Morgan fingerprint density at radius 1 is 1.04 bits per heavy atom. The van der Waals surface area contributed by atoms with Gasteiger partial charge in [-0.1, -0.05) is 38.8 Å². The number of ether oxygens (including phenoxy) is 1. The third kappa shape index (κ3) is 3.32. The van der Waals surface area contributed by atoms with Crippen LogP contribution in [0.3, 0.4) is 0 Å². The Labute approximate surface area is 142 Å². The van der Waals surface area contributed by atoms with E-state index in [1.807, 2.05) is 43.3 Å². The summed E-state index contributed by atoms with van der Waals surface area (Å²) in [5.41, 5.74) is 2.76. The molecular formula is C17H14BrN3O2. The molecule has 6 heteroatoms. The van der Waals surface area contributed by atoms with E-state index < -0.39 is 5.97 Å². The predicted octanol–water partition coefficient (Wildman–Crippen LogP) is 3.87. The Morgan fingerprint density at radius 3 is 2.35 bits per heavy atom. The van der Waals surface area contributed by atoms with Crippen molar-refractivity contribution in [2.24, 2.45) is 0 Å². The third-order valence-electron chi connectivity index (χ3n) is 3.39. The number of aromatic nitrogens is 3. The fourth-order valence-corrected chi connectivity index (χ4v) is 2.37. The molecule has 3 rings (SSSR count). The summed E-state index contributed by atoms with van der Waals surface area (Å²) in [5, 5.41) is 8.00. The Kier molecular flexibility index (Phi) is 4.25. The van der Waals surface area contributed by atoms with Gasteiger partial charge < -0.3 is 4.74 Å². The minimum Gasteiger partial charge on any atom is -0.422 e. The summed E-state index contributed by atoms with van der Waals surface area (Å²) in [6.45, 7) is 3.76. The monoisotopic (exact) mass is 371 g/mol. The normalized spacial score (nSPS) is 10.6. The number of rotatable bonds is 3. The molecule has 1 heterocycles. The molecule has 0 saturated heterocycles. The summed E-state index contributed by atoms with van der Waals surface area (Å²) in [6, 6.07) is 14.9. The first kappa shape index (κ1) is 15.4. The highest BCUT2D eigenvalue weighted by molar-refractivity contribution is 9.10. The highest BCUT2D eigenvalue weighted by Gasteiger charge is 2.19. The van der Waals surface area contributed by atoms with Gasteiger partial charge in [0.15, 0.2) is 5.69 Å². The van der Waals surface area contributed by atoms with Crippen LogP contribution in [0.2, 0.25) is 0 Å². The molecule has 0 atom stereocenters. The first-order valence-electron chi connectivity index (χ1n) is 7.01. The second-order valence-electron chi connectivity index (χ2n) is 5.11. The molecule has 0 N–H and O–H groups in total. The lowest BCUT2D eigenvalue weighted by Crippen LogP contribution is -2.11. The van der Waals surface area contributed by atoms with Crippen molar-refractivity contribution in [3.63, 3.8) is 0 Å². The van der Waals surface area contributed by atoms with Crippen LogP contribution >= 0.6 is 15.9 Å². The molecule has 0 unspecified atom stereocenters. The number of hydrogen-bond donors (Lipinski definition) is 0. The van der Waals surface area contributed by atoms with Crippen LogP contribution < -0.4 is 4.74 Å². The van der Waals surface area contributed by atoms with E-state index in [4.69, 9.17) is 4.74 Å². The van der Waals surface area contributed by atoms with Crippen molar-refractivity contribution in [3.05, 3.63) is 70.0 Å². The van der Waals surface area contributed by atoms with Gasteiger partial charge in [-0.05, 0) is 50.2 Å². The second kappa shape index (κ2) is 6.34. The Hall–Kier alpha value is -2.47. The van der Waals surface area contributed by atoms with E-state index in [2.05, 4.69) is 26.2 Å². The molecule has 0 spiro atoms. The maximum atomic E-state index is 12.3. The maximum absolute atomic E-state index is 12.3. The van der Waals surface area contributed by atoms with Crippen LogP contribution in [-0.4, -0.2) is 21.0 Å². The molecule has 0 aliphatic carbocycles. The van der Waals surface area contributed by atoms with Gasteiger partial charge in [0.25, 0.3) is 0 Å². The first-order chi connectivity index (χ1) is 11.0. The number of nitrogens with zero attached hydrogens (tertiary/aromatic N) is 3. The van der Waals surface area contributed by atoms with Crippen molar-refractivity contribution in [2.75, 3.05) is 0 Å². The molecule has 23 heavy (non-hydrogen) atoms. The van der Waals surface area contributed by atoms with Crippen LogP contribution in [0.4, 0.5) is 0 Å². The lowest BCUT2D eigenvalue weighted by molar-refractivity contribution is 0.0727. The van der Waals surface area contributed by atoms with Gasteiger partial charge in [0.05, 0.1) is 11.4 Å². The molecule has 116 valence electrons. The highest BCUT2D eigenvalue weighted by Crippen LogP contribution is 2.18. The molecular weight excluding hydrogens is 358 g/mol. The molecule has 0 bridgehead atoms. The van der Waals surface area contributed by atoms with Crippen LogP contribution in [0.25, 0.3) is 5.69 Å². The molecule has 0 radical (unpaired) electrons. The fraction of sp³-hybridized carbons (Fsp3) is 0.118. The standard InChI is InChI=1S/C17H14BrN3O2/c1-11-3-9-15(10-4-11)23-17(22)16-12(2)21(20-19-16)14-7-5-13(18)6-8-14/h3-10H,1-2H3. The summed E-state index contributed by atoms with van der Waals surface area (Å²) < 4.78 is 7.92. The van der Waals surface area contributed by atoms with E-state index >= 15 is 0 Å². The number of carbonyl (C=O) groups is 1. The number of aryl methyl sites for hydroxylation is 1. The van der Waals surface area contributed by atoms with Crippen LogP contribution in [0.15, 0.2) is 53.0 Å². The van der Waals surface area contributed by atoms with Gasteiger partial charge in [-0.3, -0.25) is 0 Å². The van der Waals surface area contributed by atoms with Gasteiger partial charge >= 0.3 is 5.97 Å². The Bertz CT molecular complexity index is 839. The van der Waals surface area contributed by atoms with E-state index in [1.165, 1.54) is 0 Å². The van der Waals surface area contributed by atoms with Crippen LogP contribution in [-0.2, 0) is 0 Å². The minimum atomic E-state index is -0.519. The summed E-state index contributed by atoms with van der Waals surface area (Å²) in [5.74, 6) is -0.0343. The summed E-state index contributed by atoms with van der Waals surface area (Å²) in [4.78, 5) is 12.3. The zero-order chi connectivity index (χ0) is 16.4. The molecule has 0 aliphatic rings. The molecule has 2 aromatic carbocycles. The summed E-state index contributed by atoms with van der Waals surface area (Å²) in [7, 11) is 0. The number of carbonyl (C=O) groups excluding carboxylic acids is 1. The quantitative estimate of drug-likeness (QED) is 0.518. The molecule has 3 aromatic rings. The van der Waals surface area contributed by atoms with E-state index in [1.54, 1.807) is 23.7 Å². The molecule has 0 amide bonds. The van der Waals surface area contributed by atoms with E-state index in [0.717, 1.165) is 15.7 Å². The minimum absolute atomic E-state index is 0.202. The molecule has 0 saturated carbocycles. The van der Waals surface area contributed by atoms with Crippen molar-refractivity contribution < 1.29 is 9.53 Å². The van der Waals surface area contributed by atoms with Crippen molar-refractivity contribution in [1.29, 1.82) is 0 Å². The summed E-state index contributed by atoms with van der Waals surface area (Å²) in [6.07, 6.45) is 0. The zero-order valence-corrected chi connectivity index (χ0v) is 14.2. The van der Waals surface area contributed by atoms with Gasteiger partial charge in [-0.2, -0.15) is 0 Å². The predicted molar refractivity (Wildman–Crippen MR) is 89.9 cm³/mol. The van der Waals surface area contributed by atoms with Crippen LogP contribution in [0.1, 0.15) is 21.7 Å². The van der Waals surface area contributed by atoms with Crippen LogP contribution in [0.5, 0.6) is 5.75 Å². The van der Waals surface area contributed by atoms with Crippen molar-refractivity contribution in [1.82, 2.24) is 15.0 Å². The number of benzene rings is 2. The lowest BCUT2D eigenvalue weighted by Gasteiger charge is -2.05. The van der Waals surface area contributed by atoms with E-state index in [-0.39, 0.29) is 5.69 Å². The topological polar surface area (TPSA) is 57.0 Å². The van der Waals surface area contributed by atoms with E-state index in [0.29, 0.717) is 11.4 Å². The maximum Gasteiger partial charge on any atom is 0.366 e. The number of esters is 1. The average Bonchev–Trinajstić information content (AvgIpc) is 2.92. The smallest absolute Gasteiger partial charge is 0.366 e. The van der Waals surface area contributed by atoms with Crippen LogP contribution in [0, 0.1) is 13.8 Å². The van der Waals surface area contributed by atoms with Crippen molar-refractivity contribution in [3.8, 4) is 11.4 Å². The molecule has 0 aliphatic heterocycles. The number of hydrogen-bond acceptors (Lipinski definition) is 4. The highest BCUT2D eigenvalue weighted by atomic mass is 79.9. The number of halogens is 1. The Morgan fingerprint density at radius 2 is 1.70 bits per heavy atom. The van der Waals surface area contributed by atoms with Gasteiger partial charge in [0, 0.05) is 4.47 Å². The van der Waals surface area contributed by atoms with Crippen molar-refractivity contribution in [2.45, 2.75) is 13.8 Å². The largest absolute Gasteiger partial charge is 0.422 e. The van der Waals surface area contributed by atoms with Crippen molar-refractivity contribution >= 4 is 21.9 Å². The van der Waals surface area contributed by atoms with E-state index in [9.17, 15) is 4.79 Å². The SMILES string of the molecule is Cc1ccc(OC(=O)c2nnn(-c3ccc(Br)cc3)c2C)cc1. The van der Waals surface area contributed by atoms with Gasteiger partial charge in [-0.25, -0.2) is 9.48 Å². The zero-order valence-electron chi connectivity index (χ0n) is 12.7. The average molecular weight is 372 g/mol. The third-order valence-corrected chi connectivity index (χ3v) is 3.92. The van der Waals surface area contributed by atoms with Gasteiger partial charge in [0.2, 0.25) is 0 Å². The molecule has 5 nitrogen and oxygen atoms in total. The fourth-order valence-electron chi connectivity index (χ4n) is 2.11. The van der Waals surface area contributed by atoms with Gasteiger partial charge in [0.1, 0.15) is 5.75 Å². The second-order valence-corrected chi connectivity index (χ2v) is 6.03. The molecule has 1 aromatic heterocycles.